The third-order valence-corrected chi connectivity index (χ3v) is 3.32. The predicted octanol–water partition coefficient (Wildman–Crippen LogP) is 1.57. The summed E-state index contributed by atoms with van der Waals surface area (Å²) in [5.41, 5.74) is 0. The highest BCUT2D eigenvalue weighted by molar-refractivity contribution is 7.11. The SMILES string of the molecule is CCc1ncc(CN[C@@H](CC)CO)s1. The molecule has 0 spiro atoms. The Morgan fingerprint density at radius 2 is 2.36 bits per heavy atom. The van der Waals surface area contributed by atoms with Gasteiger partial charge in [0.2, 0.25) is 0 Å². The van der Waals surface area contributed by atoms with E-state index in [1.807, 2.05) is 6.20 Å². The van der Waals surface area contributed by atoms with Gasteiger partial charge in [0.25, 0.3) is 0 Å². The zero-order chi connectivity index (χ0) is 10.4. The minimum Gasteiger partial charge on any atom is -0.395 e. The Balaban J connectivity index is 2.37. The lowest BCUT2D eigenvalue weighted by Gasteiger charge is -2.12. The Hall–Kier alpha value is -0.450. The lowest BCUT2D eigenvalue weighted by atomic mass is 10.2. The molecule has 0 aliphatic heterocycles. The molecule has 2 N–H and O–H groups in total. The fourth-order valence-corrected chi connectivity index (χ4v) is 1.99. The highest BCUT2D eigenvalue weighted by Gasteiger charge is 2.05. The summed E-state index contributed by atoms with van der Waals surface area (Å²) in [7, 11) is 0. The summed E-state index contributed by atoms with van der Waals surface area (Å²) >= 11 is 1.74. The second-order valence-electron chi connectivity index (χ2n) is 3.24. The summed E-state index contributed by atoms with van der Waals surface area (Å²) in [5.74, 6) is 0. The maximum atomic E-state index is 8.98. The summed E-state index contributed by atoms with van der Waals surface area (Å²) in [6.07, 6.45) is 3.87. The van der Waals surface area contributed by atoms with Crippen molar-refractivity contribution in [2.45, 2.75) is 39.3 Å². The second-order valence-corrected chi connectivity index (χ2v) is 4.44. The van der Waals surface area contributed by atoms with Crippen LogP contribution in [0.3, 0.4) is 0 Å². The Kier molecular flexibility index (Phi) is 5.07. The van der Waals surface area contributed by atoms with E-state index in [0.717, 1.165) is 19.4 Å². The van der Waals surface area contributed by atoms with Crippen molar-refractivity contribution in [2.24, 2.45) is 0 Å². The molecule has 0 saturated heterocycles. The predicted molar refractivity (Wildman–Crippen MR) is 59.5 cm³/mol. The molecule has 0 aliphatic rings. The third-order valence-electron chi connectivity index (χ3n) is 2.18. The van der Waals surface area contributed by atoms with Gasteiger partial charge in [-0.3, -0.25) is 0 Å². The molecule has 0 aromatic carbocycles. The van der Waals surface area contributed by atoms with E-state index in [0.29, 0.717) is 0 Å². The summed E-state index contributed by atoms with van der Waals surface area (Å²) < 4.78 is 0. The maximum absolute atomic E-state index is 8.98. The van der Waals surface area contributed by atoms with Crippen molar-refractivity contribution < 1.29 is 5.11 Å². The molecule has 1 aromatic heterocycles. The van der Waals surface area contributed by atoms with Crippen LogP contribution in [0.1, 0.15) is 30.2 Å². The highest BCUT2D eigenvalue weighted by atomic mass is 32.1. The van der Waals surface area contributed by atoms with Crippen molar-refractivity contribution in [1.82, 2.24) is 10.3 Å². The van der Waals surface area contributed by atoms with Crippen LogP contribution in [0.15, 0.2) is 6.20 Å². The number of nitrogens with one attached hydrogen (secondary N) is 1. The first-order chi connectivity index (χ1) is 6.80. The zero-order valence-corrected chi connectivity index (χ0v) is 9.60. The first kappa shape index (κ1) is 11.6. The molecule has 14 heavy (non-hydrogen) atoms. The minimum absolute atomic E-state index is 0.204. The van der Waals surface area contributed by atoms with Crippen LogP contribution in [0.25, 0.3) is 0 Å². The van der Waals surface area contributed by atoms with Crippen molar-refractivity contribution in [1.29, 1.82) is 0 Å². The van der Waals surface area contributed by atoms with Crippen LogP contribution in [0.2, 0.25) is 0 Å². The van der Waals surface area contributed by atoms with Gasteiger partial charge in [-0.1, -0.05) is 13.8 Å². The highest BCUT2D eigenvalue weighted by Crippen LogP contribution is 2.13. The van der Waals surface area contributed by atoms with E-state index in [9.17, 15) is 0 Å². The number of thiazole rings is 1. The van der Waals surface area contributed by atoms with Gasteiger partial charge in [-0.2, -0.15) is 0 Å². The van der Waals surface area contributed by atoms with Gasteiger partial charge in [-0.05, 0) is 12.8 Å². The van der Waals surface area contributed by atoms with E-state index < -0.39 is 0 Å². The van der Waals surface area contributed by atoms with E-state index in [-0.39, 0.29) is 12.6 Å². The quantitative estimate of drug-likeness (QED) is 0.755. The lowest BCUT2D eigenvalue weighted by Crippen LogP contribution is -2.30. The minimum atomic E-state index is 0.204. The van der Waals surface area contributed by atoms with Crippen LogP contribution in [-0.2, 0) is 13.0 Å². The van der Waals surface area contributed by atoms with E-state index in [1.54, 1.807) is 11.3 Å². The standard InChI is InChI=1S/C10H18N2OS/c1-3-8(7-13)11-5-9-6-12-10(4-2)14-9/h6,8,11,13H,3-5,7H2,1-2H3/t8-/m0/s1. The van der Waals surface area contributed by atoms with Crippen molar-refractivity contribution in [2.75, 3.05) is 6.61 Å². The normalized spacial score (nSPS) is 13.1. The Morgan fingerprint density at radius 3 is 2.86 bits per heavy atom. The average Bonchev–Trinajstić information content (AvgIpc) is 2.67. The molecule has 0 radical (unpaired) electrons. The largest absolute Gasteiger partial charge is 0.395 e. The number of aromatic nitrogens is 1. The number of rotatable bonds is 6. The topological polar surface area (TPSA) is 45.2 Å². The van der Waals surface area contributed by atoms with Crippen LogP contribution in [0.4, 0.5) is 0 Å². The molecule has 0 bridgehead atoms. The van der Waals surface area contributed by atoms with Crippen LogP contribution in [0, 0.1) is 0 Å². The zero-order valence-electron chi connectivity index (χ0n) is 8.79. The molecule has 0 fully saturated rings. The average molecular weight is 214 g/mol. The van der Waals surface area contributed by atoms with Gasteiger partial charge in [-0.15, -0.1) is 11.3 Å². The van der Waals surface area contributed by atoms with Gasteiger partial charge < -0.3 is 10.4 Å². The molecule has 0 amide bonds. The van der Waals surface area contributed by atoms with Gasteiger partial charge in [0, 0.05) is 23.7 Å². The number of nitrogens with zero attached hydrogens (tertiary/aromatic N) is 1. The summed E-state index contributed by atoms with van der Waals surface area (Å²) in [6, 6.07) is 0.210. The van der Waals surface area contributed by atoms with Gasteiger partial charge in [0.1, 0.15) is 0 Å². The molecule has 1 rings (SSSR count). The molecule has 80 valence electrons. The Labute approximate surface area is 89.2 Å². The molecule has 1 atom stereocenters. The van der Waals surface area contributed by atoms with E-state index >= 15 is 0 Å². The number of hydrogen-bond donors (Lipinski definition) is 2. The van der Waals surface area contributed by atoms with Crippen molar-refractivity contribution in [3.05, 3.63) is 16.1 Å². The number of aryl methyl sites for hydroxylation is 1. The maximum Gasteiger partial charge on any atom is 0.0925 e. The van der Waals surface area contributed by atoms with Crippen LogP contribution in [-0.4, -0.2) is 22.7 Å². The number of aliphatic hydroxyl groups excluding tert-OH is 1. The van der Waals surface area contributed by atoms with Crippen LogP contribution in [0.5, 0.6) is 0 Å². The van der Waals surface area contributed by atoms with Crippen molar-refractivity contribution in [3.8, 4) is 0 Å². The van der Waals surface area contributed by atoms with E-state index in [1.165, 1.54) is 9.88 Å². The molecule has 1 aromatic rings. The second kappa shape index (κ2) is 6.11. The number of aliphatic hydroxyl groups is 1. The molecule has 0 aliphatic carbocycles. The summed E-state index contributed by atoms with van der Waals surface area (Å²) in [4.78, 5) is 5.52. The molecule has 0 unspecified atom stereocenters. The van der Waals surface area contributed by atoms with Gasteiger partial charge in [0.15, 0.2) is 0 Å². The van der Waals surface area contributed by atoms with Crippen LogP contribution < -0.4 is 5.32 Å². The monoisotopic (exact) mass is 214 g/mol. The fourth-order valence-electron chi connectivity index (χ4n) is 1.18. The molecule has 1 heterocycles. The van der Waals surface area contributed by atoms with Gasteiger partial charge in [0.05, 0.1) is 11.6 Å². The fraction of sp³-hybridized carbons (Fsp3) is 0.700. The molecular formula is C10H18N2OS. The van der Waals surface area contributed by atoms with Crippen molar-refractivity contribution in [3.63, 3.8) is 0 Å². The number of hydrogen-bond acceptors (Lipinski definition) is 4. The smallest absolute Gasteiger partial charge is 0.0925 e. The molecule has 3 nitrogen and oxygen atoms in total. The summed E-state index contributed by atoms with van der Waals surface area (Å²) in [6.45, 7) is 5.20. The van der Waals surface area contributed by atoms with E-state index in [4.69, 9.17) is 5.11 Å². The Bertz CT molecular complexity index is 258. The third kappa shape index (κ3) is 3.36. The molecule has 0 saturated carbocycles. The Morgan fingerprint density at radius 1 is 1.57 bits per heavy atom. The summed E-state index contributed by atoms with van der Waals surface area (Å²) in [5, 5.41) is 13.5. The van der Waals surface area contributed by atoms with Gasteiger partial charge in [-0.25, -0.2) is 4.98 Å². The first-order valence-electron chi connectivity index (χ1n) is 5.08. The van der Waals surface area contributed by atoms with Crippen molar-refractivity contribution >= 4 is 11.3 Å². The van der Waals surface area contributed by atoms with Crippen LogP contribution >= 0.6 is 11.3 Å². The molecule has 4 heteroatoms. The first-order valence-corrected chi connectivity index (χ1v) is 5.89. The van der Waals surface area contributed by atoms with E-state index in [2.05, 4.69) is 24.1 Å². The lowest BCUT2D eigenvalue weighted by molar-refractivity contribution is 0.238. The van der Waals surface area contributed by atoms with Gasteiger partial charge >= 0.3 is 0 Å². The molecular weight excluding hydrogens is 196 g/mol.